The third-order valence-electron chi connectivity index (χ3n) is 6.40. The third kappa shape index (κ3) is 4.94. The largest absolute Gasteiger partial charge is 0.491 e. The van der Waals surface area contributed by atoms with E-state index in [9.17, 15) is 9.90 Å². The molecule has 0 radical (unpaired) electrons. The van der Waals surface area contributed by atoms with Crippen molar-refractivity contribution in [3.8, 4) is 5.75 Å². The molecule has 2 saturated heterocycles. The summed E-state index contributed by atoms with van der Waals surface area (Å²) in [6, 6.07) is 15.8. The van der Waals surface area contributed by atoms with Gasteiger partial charge in [0.2, 0.25) is 0 Å². The minimum absolute atomic E-state index is 0.0463. The zero-order valence-electron chi connectivity index (χ0n) is 18.7. The fraction of sp³-hybridized carbons (Fsp3) is 0.500. The maximum Gasteiger partial charge on any atom is 0.253 e. The maximum absolute atomic E-state index is 13.1. The highest BCUT2D eigenvalue weighted by Crippen LogP contribution is 2.43. The van der Waals surface area contributed by atoms with Crippen LogP contribution in [0.5, 0.6) is 5.75 Å². The van der Waals surface area contributed by atoms with E-state index in [4.69, 9.17) is 9.47 Å². The Hall–Kier alpha value is -2.37. The van der Waals surface area contributed by atoms with Gasteiger partial charge in [-0.1, -0.05) is 30.3 Å². The number of carbonyl (C=O) groups excluding carboxylic acids is 1. The van der Waals surface area contributed by atoms with E-state index in [0.29, 0.717) is 31.5 Å². The zero-order chi connectivity index (χ0) is 22.0. The van der Waals surface area contributed by atoms with Gasteiger partial charge in [-0.3, -0.25) is 4.79 Å². The number of likely N-dealkylation sites (tertiary alicyclic amines) is 1. The van der Waals surface area contributed by atoms with Crippen molar-refractivity contribution in [2.45, 2.75) is 70.4 Å². The molecule has 5 heteroatoms. The van der Waals surface area contributed by atoms with E-state index < -0.39 is 0 Å². The van der Waals surface area contributed by atoms with Crippen molar-refractivity contribution in [2.75, 3.05) is 13.1 Å². The summed E-state index contributed by atoms with van der Waals surface area (Å²) in [5.41, 5.74) is 2.41. The topological polar surface area (TPSA) is 59.0 Å². The van der Waals surface area contributed by atoms with Gasteiger partial charge in [-0.05, 0) is 62.9 Å². The zero-order valence-corrected chi connectivity index (χ0v) is 18.7. The fourth-order valence-corrected chi connectivity index (χ4v) is 4.82. The average Bonchev–Trinajstić information content (AvgIpc) is 2.75. The normalized spacial score (nSPS) is 23.2. The molecule has 2 aromatic rings. The first-order chi connectivity index (χ1) is 14.8. The first-order valence-electron chi connectivity index (χ1n) is 11.3. The van der Waals surface area contributed by atoms with Gasteiger partial charge >= 0.3 is 0 Å². The lowest BCUT2D eigenvalue weighted by Crippen LogP contribution is -2.52. The van der Waals surface area contributed by atoms with Crippen molar-refractivity contribution >= 4 is 5.91 Å². The van der Waals surface area contributed by atoms with Crippen LogP contribution in [-0.2, 0) is 4.74 Å². The number of aliphatic hydroxyl groups excluding tert-OH is 1. The second-order valence-corrected chi connectivity index (χ2v) is 9.23. The predicted molar refractivity (Wildman–Crippen MR) is 120 cm³/mol. The highest BCUT2D eigenvalue weighted by molar-refractivity contribution is 5.94. The molecule has 0 bridgehead atoms. The van der Waals surface area contributed by atoms with Crippen LogP contribution in [0, 0.1) is 6.92 Å². The van der Waals surface area contributed by atoms with E-state index >= 15 is 0 Å². The number of carbonyl (C=O) groups is 1. The van der Waals surface area contributed by atoms with Crippen LogP contribution in [0.1, 0.15) is 67.1 Å². The van der Waals surface area contributed by atoms with Crippen molar-refractivity contribution in [3.05, 3.63) is 65.2 Å². The molecule has 1 amide bonds. The van der Waals surface area contributed by atoms with Gasteiger partial charge in [0.1, 0.15) is 5.75 Å². The summed E-state index contributed by atoms with van der Waals surface area (Å²) in [4.78, 5) is 15.0. The molecule has 2 aliphatic heterocycles. The Morgan fingerprint density at radius 1 is 1.16 bits per heavy atom. The molecule has 31 heavy (non-hydrogen) atoms. The summed E-state index contributed by atoms with van der Waals surface area (Å²) < 4.78 is 12.4. The van der Waals surface area contributed by atoms with Crippen molar-refractivity contribution in [2.24, 2.45) is 0 Å². The molecular weight excluding hydrogens is 390 g/mol. The second-order valence-electron chi connectivity index (χ2n) is 9.23. The van der Waals surface area contributed by atoms with Crippen LogP contribution in [-0.4, -0.2) is 46.8 Å². The smallest absolute Gasteiger partial charge is 0.253 e. The van der Waals surface area contributed by atoms with Crippen LogP contribution in [0.25, 0.3) is 0 Å². The van der Waals surface area contributed by atoms with Crippen molar-refractivity contribution in [1.29, 1.82) is 0 Å². The molecule has 0 unspecified atom stereocenters. The van der Waals surface area contributed by atoms with Crippen LogP contribution < -0.4 is 4.74 Å². The molecule has 2 atom stereocenters. The molecule has 2 aromatic carbocycles. The minimum Gasteiger partial charge on any atom is -0.491 e. The van der Waals surface area contributed by atoms with Gasteiger partial charge in [-0.2, -0.15) is 0 Å². The van der Waals surface area contributed by atoms with Gasteiger partial charge in [-0.25, -0.2) is 0 Å². The predicted octanol–water partition coefficient (Wildman–Crippen LogP) is 4.67. The van der Waals surface area contributed by atoms with Crippen molar-refractivity contribution in [3.63, 3.8) is 0 Å². The summed E-state index contributed by atoms with van der Waals surface area (Å²) in [5, 5.41) is 10.6. The van der Waals surface area contributed by atoms with E-state index in [-0.39, 0.29) is 29.8 Å². The number of hydrogen-bond donors (Lipinski definition) is 1. The average molecular weight is 424 g/mol. The number of rotatable bonds is 4. The first kappa shape index (κ1) is 21.8. The van der Waals surface area contributed by atoms with E-state index in [1.807, 2.05) is 62.1 Å². The second kappa shape index (κ2) is 9.01. The van der Waals surface area contributed by atoms with Gasteiger partial charge < -0.3 is 19.5 Å². The van der Waals surface area contributed by atoms with Crippen LogP contribution in [0.4, 0.5) is 0 Å². The first-order valence-corrected chi connectivity index (χ1v) is 11.3. The van der Waals surface area contributed by atoms with Gasteiger partial charge in [0.25, 0.3) is 5.91 Å². The monoisotopic (exact) mass is 423 g/mol. The number of nitrogens with zero attached hydrogens (tertiary/aromatic N) is 1. The number of hydrogen-bond acceptors (Lipinski definition) is 4. The summed E-state index contributed by atoms with van der Waals surface area (Å²) in [7, 11) is 0. The Bertz CT molecular complexity index is 903. The van der Waals surface area contributed by atoms with Crippen molar-refractivity contribution < 1.29 is 19.4 Å². The van der Waals surface area contributed by atoms with Gasteiger partial charge in [-0.15, -0.1) is 0 Å². The maximum atomic E-state index is 13.1. The Morgan fingerprint density at radius 2 is 1.87 bits per heavy atom. The van der Waals surface area contributed by atoms with Crippen LogP contribution >= 0.6 is 0 Å². The summed E-state index contributed by atoms with van der Waals surface area (Å²) in [6.45, 7) is 7.23. The molecule has 0 aliphatic carbocycles. The Kier molecular flexibility index (Phi) is 6.35. The van der Waals surface area contributed by atoms with Crippen LogP contribution in [0.15, 0.2) is 48.5 Å². The highest BCUT2D eigenvalue weighted by Gasteiger charge is 2.44. The molecule has 2 fully saturated rings. The van der Waals surface area contributed by atoms with E-state index in [0.717, 1.165) is 29.7 Å². The van der Waals surface area contributed by atoms with E-state index in [2.05, 4.69) is 12.1 Å². The van der Waals surface area contributed by atoms with Gasteiger partial charge in [0.05, 0.1) is 23.9 Å². The van der Waals surface area contributed by atoms with Gasteiger partial charge in [0, 0.05) is 31.5 Å². The van der Waals surface area contributed by atoms with Crippen LogP contribution in [0.2, 0.25) is 0 Å². The third-order valence-corrected chi connectivity index (χ3v) is 6.40. The molecule has 1 N–H and O–H groups in total. The van der Waals surface area contributed by atoms with Gasteiger partial charge in [0.15, 0.2) is 0 Å². The molecule has 166 valence electrons. The van der Waals surface area contributed by atoms with E-state index in [1.165, 1.54) is 0 Å². The molecule has 5 nitrogen and oxygen atoms in total. The van der Waals surface area contributed by atoms with Crippen LogP contribution in [0.3, 0.4) is 0 Å². The molecule has 2 aliphatic rings. The summed E-state index contributed by atoms with van der Waals surface area (Å²) in [6.07, 6.45) is 2.38. The fourth-order valence-electron chi connectivity index (χ4n) is 4.82. The Labute approximate surface area is 185 Å². The number of ether oxygens (including phenoxy) is 2. The Morgan fingerprint density at radius 3 is 2.52 bits per heavy atom. The highest BCUT2D eigenvalue weighted by atomic mass is 16.5. The Balaban J connectivity index is 1.42. The summed E-state index contributed by atoms with van der Waals surface area (Å²) >= 11 is 0. The molecule has 1 spiro atoms. The lowest BCUT2D eigenvalue weighted by Gasteiger charge is -2.48. The molecule has 0 aromatic heterocycles. The number of aliphatic hydroxyl groups is 1. The van der Waals surface area contributed by atoms with E-state index in [1.54, 1.807) is 0 Å². The number of aryl methyl sites for hydroxylation is 1. The molecule has 4 rings (SSSR count). The SMILES string of the molecule is Cc1cc(C(=O)N2CCC3(CC2)C[C@@H](O)C[C@@H](c2ccccc2)O3)ccc1OC(C)C. The molecule has 2 heterocycles. The lowest BCUT2D eigenvalue weighted by atomic mass is 9.80. The standard InChI is InChI=1S/C26H33NO4/c1-18(2)30-23-10-9-21(15-19(23)3)25(29)27-13-11-26(12-14-27)17-22(28)16-24(31-26)20-7-5-4-6-8-20/h4-10,15,18,22,24,28H,11-14,16-17H2,1-3H3/t22-,24-/m0/s1. The minimum atomic E-state index is -0.377. The lowest BCUT2D eigenvalue weighted by molar-refractivity contribution is -0.181. The molecule has 0 saturated carbocycles. The number of piperidine rings is 1. The number of benzene rings is 2. The summed E-state index contributed by atoms with van der Waals surface area (Å²) in [5.74, 6) is 0.866. The quantitative estimate of drug-likeness (QED) is 0.776. The van der Waals surface area contributed by atoms with Crippen molar-refractivity contribution in [1.82, 2.24) is 4.90 Å². The molecular formula is C26H33NO4. The number of amides is 1.